The molecular formula is C23H40N4O. The molecule has 0 bridgehead atoms. The number of aromatic nitrogens is 2. The molecule has 2 heterocycles. The first-order chi connectivity index (χ1) is 13.5. The Kier molecular flexibility index (Phi) is 14.4. The first kappa shape index (κ1) is 25.7. The minimum Gasteiger partial charge on any atom is -0.490 e. The van der Waals surface area contributed by atoms with E-state index in [1.165, 1.54) is 24.7 Å². The molecule has 28 heavy (non-hydrogen) atoms. The van der Waals surface area contributed by atoms with Gasteiger partial charge in [0.2, 0.25) is 0 Å². The fourth-order valence-electron chi connectivity index (χ4n) is 3.04. The van der Waals surface area contributed by atoms with Gasteiger partial charge >= 0.3 is 0 Å². The molecule has 2 rings (SSSR count). The van der Waals surface area contributed by atoms with Crippen molar-refractivity contribution >= 4 is 6.21 Å². The molecule has 5 heteroatoms. The van der Waals surface area contributed by atoms with Gasteiger partial charge in [-0.1, -0.05) is 39.8 Å². The van der Waals surface area contributed by atoms with Crippen molar-refractivity contribution in [2.75, 3.05) is 0 Å². The van der Waals surface area contributed by atoms with E-state index in [1.807, 2.05) is 37.0 Å². The van der Waals surface area contributed by atoms with Crippen molar-refractivity contribution in [1.82, 2.24) is 9.78 Å². The van der Waals surface area contributed by atoms with Crippen LogP contribution in [0.15, 0.2) is 54.5 Å². The first-order valence-electron chi connectivity index (χ1n) is 10.4. The lowest BCUT2D eigenvalue weighted by atomic mass is 9.93. The van der Waals surface area contributed by atoms with Crippen molar-refractivity contribution in [1.29, 1.82) is 0 Å². The minimum absolute atomic E-state index is 0.181. The molecule has 0 radical (unpaired) electrons. The van der Waals surface area contributed by atoms with Crippen molar-refractivity contribution in [2.45, 2.75) is 79.0 Å². The second-order valence-electron chi connectivity index (χ2n) is 6.69. The normalized spacial score (nSPS) is 18.0. The number of aliphatic imine (C=N–C) groups is 1. The summed E-state index contributed by atoms with van der Waals surface area (Å²) in [7, 11) is 0. The van der Waals surface area contributed by atoms with Crippen LogP contribution in [0.2, 0.25) is 0 Å². The van der Waals surface area contributed by atoms with Crippen molar-refractivity contribution in [3.63, 3.8) is 0 Å². The maximum absolute atomic E-state index is 5.87. The number of nitrogens with two attached hydrogens (primary N) is 1. The zero-order valence-corrected chi connectivity index (χ0v) is 18.5. The predicted octanol–water partition coefficient (Wildman–Crippen LogP) is 5.29. The van der Waals surface area contributed by atoms with Crippen LogP contribution in [0.1, 0.15) is 59.6 Å². The lowest BCUT2D eigenvalue weighted by Gasteiger charge is -2.17. The highest BCUT2D eigenvalue weighted by molar-refractivity contribution is 5.76. The van der Waals surface area contributed by atoms with Gasteiger partial charge in [-0.3, -0.25) is 9.67 Å². The summed E-state index contributed by atoms with van der Waals surface area (Å²) in [6.45, 7) is 18.0. The third kappa shape index (κ3) is 10.1. The number of nitrogens with zero attached hydrogens (tertiary/aromatic N) is 3. The van der Waals surface area contributed by atoms with E-state index in [9.17, 15) is 0 Å². The molecule has 2 N–H and O–H groups in total. The Balaban J connectivity index is 0.00000133. The predicted molar refractivity (Wildman–Crippen MR) is 121 cm³/mol. The van der Waals surface area contributed by atoms with E-state index in [-0.39, 0.29) is 12.1 Å². The summed E-state index contributed by atoms with van der Waals surface area (Å²) in [4.78, 5) is 4.78. The molecule has 1 aromatic rings. The summed E-state index contributed by atoms with van der Waals surface area (Å²) in [6.07, 6.45) is 13.7. The summed E-state index contributed by atoms with van der Waals surface area (Å²) in [5, 5.41) is 4.36. The van der Waals surface area contributed by atoms with E-state index < -0.39 is 0 Å². The Morgan fingerprint density at radius 1 is 1.36 bits per heavy atom. The Hall–Kier alpha value is -2.30. The Bertz CT molecular complexity index is 601. The van der Waals surface area contributed by atoms with Crippen molar-refractivity contribution in [3.8, 4) is 0 Å². The standard InChI is InChI=1S/C19H29N3O.C2H5N.C2H6/c1-5-7-16-11-17(20-14-19(12-16)23-15(3)4)13-18-8-9-21-22(18)10-6-2;1-2-3;1-2/h6,8-9,12,14-17H,2,5,7,10-11,13H2,1,3-4H3;2H,1,3H2;1-2H3. The van der Waals surface area contributed by atoms with Crippen LogP contribution in [0.5, 0.6) is 0 Å². The molecule has 1 aromatic heterocycles. The van der Waals surface area contributed by atoms with Crippen LogP contribution in [-0.2, 0) is 17.7 Å². The van der Waals surface area contributed by atoms with Crippen LogP contribution < -0.4 is 5.73 Å². The second kappa shape index (κ2) is 15.7. The van der Waals surface area contributed by atoms with Crippen LogP contribution >= 0.6 is 0 Å². The summed E-state index contributed by atoms with van der Waals surface area (Å²) in [5.74, 6) is 1.44. The SMILES string of the molecule is C=CCn1nccc1CC1CC(CCC)C=C(OC(C)C)C=N1.C=CN.CC. The highest BCUT2D eigenvalue weighted by Gasteiger charge is 2.20. The van der Waals surface area contributed by atoms with E-state index >= 15 is 0 Å². The fourth-order valence-corrected chi connectivity index (χ4v) is 3.04. The maximum Gasteiger partial charge on any atom is 0.133 e. The molecule has 0 amide bonds. The summed E-state index contributed by atoms with van der Waals surface area (Å²) < 4.78 is 7.88. The van der Waals surface area contributed by atoms with Gasteiger partial charge < -0.3 is 10.5 Å². The van der Waals surface area contributed by atoms with E-state index in [1.54, 1.807) is 0 Å². The maximum atomic E-state index is 5.87. The average molecular weight is 389 g/mol. The zero-order chi connectivity index (χ0) is 21.4. The van der Waals surface area contributed by atoms with Gasteiger partial charge in [-0.2, -0.15) is 5.10 Å². The van der Waals surface area contributed by atoms with Gasteiger partial charge in [0.05, 0.1) is 24.9 Å². The number of hydrogen-bond acceptors (Lipinski definition) is 4. The van der Waals surface area contributed by atoms with Gasteiger partial charge in [0.25, 0.3) is 0 Å². The summed E-state index contributed by atoms with van der Waals surface area (Å²) in [5.41, 5.74) is 5.83. The highest BCUT2D eigenvalue weighted by Crippen LogP contribution is 2.24. The Labute approximate surface area is 172 Å². The van der Waals surface area contributed by atoms with Crippen LogP contribution in [0.25, 0.3) is 0 Å². The van der Waals surface area contributed by atoms with E-state index in [4.69, 9.17) is 9.73 Å². The van der Waals surface area contributed by atoms with Crippen molar-refractivity contribution in [3.05, 3.63) is 55.2 Å². The molecule has 5 nitrogen and oxygen atoms in total. The van der Waals surface area contributed by atoms with Crippen molar-refractivity contribution in [2.24, 2.45) is 16.6 Å². The smallest absolute Gasteiger partial charge is 0.133 e. The summed E-state index contributed by atoms with van der Waals surface area (Å²) >= 11 is 0. The fraction of sp³-hybridized carbons (Fsp3) is 0.565. The highest BCUT2D eigenvalue weighted by atomic mass is 16.5. The third-order valence-electron chi connectivity index (χ3n) is 3.97. The molecule has 2 unspecified atom stereocenters. The minimum atomic E-state index is 0.181. The molecule has 0 saturated heterocycles. The molecule has 1 aliphatic heterocycles. The van der Waals surface area contributed by atoms with E-state index in [0.717, 1.165) is 25.1 Å². The number of ether oxygens (including phenoxy) is 1. The molecule has 0 aromatic carbocycles. The number of rotatable bonds is 8. The molecule has 0 aliphatic carbocycles. The van der Waals surface area contributed by atoms with Crippen LogP contribution in [0.3, 0.4) is 0 Å². The van der Waals surface area contributed by atoms with Gasteiger partial charge in [-0.25, -0.2) is 0 Å². The molecule has 2 atom stereocenters. The van der Waals surface area contributed by atoms with Crippen molar-refractivity contribution < 1.29 is 4.74 Å². The molecule has 0 saturated carbocycles. The quantitative estimate of drug-likeness (QED) is 0.615. The first-order valence-corrected chi connectivity index (χ1v) is 10.4. The Morgan fingerprint density at radius 3 is 2.61 bits per heavy atom. The molecule has 1 aliphatic rings. The lowest BCUT2D eigenvalue weighted by molar-refractivity contribution is 0.163. The van der Waals surface area contributed by atoms with Crippen LogP contribution in [0.4, 0.5) is 0 Å². The molecular weight excluding hydrogens is 348 g/mol. The van der Waals surface area contributed by atoms with Gasteiger partial charge in [-0.05, 0) is 50.9 Å². The molecule has 0 fully saturated rings. The second-order valence-corrected chi connectivity index (χ2v) is 6.69. The number of allylic oxidation sites excluding steroid dienone is 3. The third-order valence-corrected chi connectivity index (χ3v) is 3.97. The average Bonchev–Trinajstić information content (AvgIpc) is 2.99. The van der Waals surface area contributed by atoms with E-state index in [0.29, 0.717) is 5.92 Å². The lowest BCUT2D eigenvalue weighted by Crippen LogP contribution is -2.16. The topological polar surface area (TPSA) is 65.4 Å². The largest absolute Gasteiger partial charge is 0.490 e. The van der Waals surface area contributed by atoms with Crippen LogP contribution in [0, 0.1) is 5.92 Å². The molecule has 158 valence electrons. The Morgan fingerprint density at radius 2 is 2.04 bits per heavy atom. The van der Waals surface area contributed by atoms with Gasteiger partial charge in [0.15, 0.2) is 0 Å². The molecule has 0 spiro atoms. The summed E-state index contributed by atoms with van der Waals surface area (Å²) in [6, 6.07) is 2.36. The number of hydrogen-bond donors (Lipinski definition) is 1. The van der Waals surface area contributed by atoms with E-state index in [2.05, 4.69) is 56.9 Å². The van der Waals surface area contributed by atoms with Crippen LogP contribution in [-0.4, -0.2) is 28.1 Å². The monoisotopic (exact) mass is 388 g/mol. The van der Waals surface area contributed by atoms with Gasteiger partial charge in [0.1, 0.15) is 5.76 Å². The van der Waals surface area contributed by atoms with Gasteiger partial charge in [0, 0.05) is 18.3 Å². The van der Waals surface area contributed by atoms with Gasteiger partial charge in [-0.15, -0.1) is 6.58 Å². The zero-order valence-electron chi connectivity index (χ0n) is 18.5.